The molecule has 3 saturated heterocycles. The number of carbonyl (C=O) groups excluding carboxylic acids is 1. The lowest BCUT2D eigenvalue weighted by Crippen LogP contribution is -2.46. The first-order valence-corrected chi connectivity index (χ1v) is 14.8. The molecule has 9 nitrogen and oxygen atoms in total. The Hall–Kier alpha value is -3.37. The molecule has 0 radical (unpaired) electrons. The molecule has 4 aliphatic heterocycles. The molecule has 3 aromatic rings. The second kappa shape index (κ2) is 9.59. The van der Waals surface area contributed by atoms with Crippen LogP contribution in [0.15, 0.2) is 12.3 Å². The van der Waals surface area contributed by atoms with Crippen LogP contribution in [0, 0.1) is 19.7 Å². The number of aryl methyl sites for hydroxylation is 1. The van der Waals surface area contributed by atoms with Crippen LogP contribution >= 0.6 is 0 Å². The highest BCUT2D eigenvalue weighted by atomic mass is 19.1. The molecule has 10 heteroatoms. The largest absolute Gasteiger partial charge is 0.461 e. The Bertz CT molecular complexity index is 1560. The van der Waals surface area contributed by atoms with Gasteiger partial charge in [-0.2, -0.15) is 9.97 Å². The molecule has 3 fully saturated rings. The third-order valence-corrected chi connectivity index (χ3v) is 9.70. The molecule has 41 heavy (non-hydrogen) atoms. The molecule has 1 amide bonds. The standard InChI is InChI=1S/C31H37FN6O3/c1-18-13-22-20(14-23(39)34-22)24(19(18)2)27-25(32)26-21(15-33-27)28(37-10-4-7-30(3,40)16-37)36-29(35-26)41-17-31-8-5-11-38(31)12-6-9-31/h13,15,40H,4-12,14,16-17H2,1-3H3,(H,34,39)/t30-/m1/s1. The molecule has 1 atom stereocenters. The van der Waals surface area contributed by atoms with Crippen molar-refractivity contribution < 1.29 is 19.0 Å². The first-order chi connectivity index (χ1) is 19.6. The van der Waals surface area contributed by atoms with E-state index in [9.17, 15) is 9.90 Å². The van der Waals surface area contributed by atoms with Crippen molar-refractivity contribution in [1.29, 1.82) is 0 Å². The highest BCUT2D eigenvalue weighted by Gasteiger charge is 2.45. The number of nitrogens with one attached hydrogen (secondary N) is 1. The molecule has 0 saturated carbocycles. The molecule has 2 N–H and O–H groups in total. The number of anilines is 2. The summed E-state index contributed by atoms with van der Waals surface area (Å²) in [5, 5.41) is 14.2. The molecule has 6 heterocycles. The first-order valence-electron chi connectivity index (χ1n) is 14.8. The fourth-order valence-corrected chi connectivity index (χ4v) is 7.50. The van der Waals surface area contributed by atoms with Crippen molar-refractivity contribution in [2.45, 2.75) is 76.9 Å². The van der Waals surface area contributed by atoms with Gasteiger partial charge in [0.1, 0.15) is 23.6 Å². The van der Waals surface area contributed by atoms with Gasteiger partial charge < -0.3 is 20.1 Å². The third-order valence-electron chi connectivity index (χ3n) is 9.70. The maximum absolute atomic E-state index is 16.7. The van der Waals surface area contributed by atoms with E-state index in [1.54, 1.807) is 6.20 Å². The number of carbonyl (C=O) groups is 1. The van der Waals surface area contributed by atoms with E-state index in [1.165, 1.54) is 0 Å². The lowest BCUT2D eigenvalue weighted by molar-refractivity contribution is -0.115. The van der Waals surface area contributed by atoms with Gasteiger partial charge in [0.15, 0.2) is 5.82 Å². The summed E-state index contributed by atoms with van der Waals surface area (Å²) >= 11 is 0. The monoisotopic (exact) mass is 560 g/mol. The molecular formula is C31H37FN6O3. The Morgan fingerprint density at radius 2 is 1.88 bits per heavy atom. The second-order valence-corrected chi connectivity index (χ2v) is 12.7. The number of rotatable bonds is 5. The maximum atomic E-state index is 16.7. The highest BCUT2D eigenvalue weighted by molar-refractivity contribution is 6.03. The van der Waals surface area contributed by atoms with E-state index in [4.69, 9.17) is 9.72 Å². The SMILES string of the molecule is Cc1cc2c(c(-c3ncc4c(N5CCC[C@@](C)(O)C5)nc(OCC56CCCN5CCC6)nc4c3F)c1C)CC(=O)N2. The van der Waals surface area contributed by atoms with Crippen LogP contribution in [0.4, 0.5) is 15.9 Å². The quantitative estimate of drug-likeness (QED) is 0.476. The van der Waals surface area contributed by atoms with Crippen molar-refractivity contribution in [3.63, 3.8) is 0 Å². The van der Waals surface area contributed by atoms with Crippen molar-refractivity contribution in [2.24, 2.45) is 0 Å². The van der Waals surface area contributed by atoms with Gasteiger partial charge >= 0.3 is 6.01 Å². The molecule has 2 aromatic heterocycles. The Labute approximate surface area is 239 Å². The van der Waals surface area contributed by atoms with Gasteiger partial charge in [0, 0.05) is 30.5 Å². The summed E-state index contributed by atoms with van der Waals surface area (Å²) in [5.74, 6) is -0.146. The minimum absolute atomic E-state index is 0.00596. The number of amides is 1. The van der Waals surface area contributed by atoms with Crippen LogP contribution in [0.3, 0.4) is 0 Å². The van der Waals surface area contributed by atoms with Crippen LogP contribution in [0.1, 0.15) is 62.1 Å². The third kappa shape index (κ3) is 4.43. The molecule has 0 bridgehead atoms. The van der Waals surface area contributed by atoms with E-state index in [-0.39, 0.29) is 35.1 Å². The van der Waals surface area contributed by atoms with Crippen molar-refractivity contribution in [3.05, 3.63) is 34.8 Å². The van der Waals surface area contributed by atoms with Gasteiger partial charge in [0.25, 0.3) is 0 Å². The number of piperidine rings is 1. The molecule has 4 aliphatic rings. The summed E-state index contributed by atoms with van der Waals surface area (Å²) < 4.78 is 23.0. The number of hydrogen-bond acceptors (Lipinski definition) is 8. The van der Waals surface area contributed by atoms with Crippen molar-refractivity contribution in [3.8, 4) is 17.3 Å². The van der Waals surface area contributed by atoms with Crippen LogP contribution in [0.2, 0.25) is 0 Å². The Morgan fingerprint density at radius 3 is 2.63 bits per heavy atom. The number of hydrogen-bond donors (Lipinski definition) is 2. The average Bonchev–Trinajstić information content (AvgIpc) is 3.62. The summed E-state index contributed by atoms with van der Waals surface area (Å²) in [6, 6.07) is 2.08. The Morgan fingerprint density at radius 1 is 1.12 bits per heavy atom. The number of β-amino-alcohol motifs (C(OH)–C–C–N with tert-alkyl or cyclic N) is 1. The predicted molar refractivity (Wildman–Crippen MR) is 155 cm³/mol. The van der Waals surface area contributed by atoms with E-state index >= 15 is 4.39 Å². The maximum Gasteiger partial charge on any atom is 0.319 e. The minimum atomic E-state index is -0.881. The van der Waals surface area contributed by atoms with Crippen molar-refractivity contribution in [1.82, 2.24) is 19.9 Å². The van der Waals surface area contributed by atoms with Crippen LogP contribution in [-0.2, 0) is 11.2 Å². The van der Waals surface area contributed by atoms with Crippen molar-refractivity contribution >= 4 is 28.3 Å². The summed E-state index contributed by atoms with van der Waals surface area (Å²) in [4.78, 5) is 30.9. The zero-order chi connectivity index (χ0) is 28.5. The molecule has 7 rings (SSSR count). The van der Waals surface area contributed by atoms with Gasteiger partial charge in [-0.3, -0.25) is 14.7 Å². The Balaban J connectivity index is 1.36. The first kappa shape index (κ1) is 26.5. The summed E-state index contributed by atoms with van der Waals surface area (Å²) in [5.41, 5.74) is 3.34. The highest BCUT2D eigenvalue weighted by Crippen LogP contribution is 2.42. The van der Waals surface area contributed by atoms with Gasteiger partial charge in [-0.05, 0) is 95.1 Å². The van der Waals surface area contributed by atoms with Gasteiger partial charge in [0.05, 0.1) is 22.9 Å². The number of halogens is 1. The van der Waals surface area contributed by atoms with Gasteiger partial charge in [-0.1, -0.05) is 0 Å². The Kier molecular flexibility index (Phi) is 6.20. The lowest BCUT2D eigenvalue weighted by atomic mass is 9.92. The lowest BCUT2D eigenvalue weighted by Gasteiger charge is -2.38. The fourth-order valence-electron chi connectivity index (χ4n) is 7.50. The van der Waals surface area contributed by atoms with Gasteiger partial charge in [-0.15, -0.1) is 0 Å². The fraction of sp³-hybridized carbons (Fsp3) is 0.548. The normalized spacial score (nSPS) is 23.6. The molecule has 216 valence electrons. The van der Waals surface area contributed by atoms with Crippen LogP contribution < -0.4 is 15.0 Å². The number of fused-ring (bicyclic) bond motifs is 3. The molecular weight excluding hydrogens is 523 g/mol. The average molecular weight is 561 g/mol. The van der Waals surface area contributed by atoms with Crippen LogP contribution in [0.5, 0.6) is 6.01 Å². The number of aliphatic hydroxyl groups is 1. The van der Waals surface area contributed by atoms with E-state index < -0.39 is 11.4 Å². The summed E-state index contributed by atoms with van der Waals surface area (Å²) in [7, 11) is 0. The number of aromatic nitrogens is 3. The summed E-state index contributed by atoms with van der Waals surface area (Å²) in [6.45, 7) is 9.39. The molecule has 0 unspecified atom stereocenters. The van der Waals surface area contributed by atoms with Gasteiger partial charge in [0.2, 0.25) is 5.91 Å². The predicted octanol–water partition coefficient (Wildman–Crippen LogP) is 4.30. The number of benzene rings is 1. The topological polar surface area (TPSA) is 104 Å². The van der Waals surface area contributed by atoms with Gasteiger partial charge in [-0.25, -0.2) is 4.39 Å². The molecule has 0 aliphatic carbocycles. The summed E-state index contributed by atoms with van der Waals surface area (Å²) in [6.07, 6.45) is 7.74. The van der Waals surface area contributed by atoms with E-state index in [0.717, 1.165) is 61.9 Å². The smallest absolute Gasteiger partial charge is 0.319 e. The molecule has 1 aromatic carbocycles. The zero-order valence-corrected chi connectivity index (χ0v) is 24.0. The molecule has 0 spiro atoms. The van der Waals surface area contributed by atoms with Crippen LogP contribution in [0.25, 0.3) is 22.2 Å². The number of ether oxygens (including phenoxy) is 1. The zero-order valence-electron chi connectivity index (χ0n) is 24.0. The minimum Gasteiger partial charge on any atom is -0.461 e. The van der Waals surface area contributed by atoms with Crippen LogP contribution in [-0.4, -0.2) is 74.8 Å². The number of nitrogens with zero attached hydrogens (tertiary/aromatic N) is 5. The second-order valence-electron chi connectivity index (χ2n) is 12.7. The number of pyridine rings is 1. The van der Waals surface area contributed by atoms with Crippen molar-refractivity contribution in [2.75, 3.05) is 43.0 Å². The van der Waals surface area contributed by atoms with E-state index in [1.807, 2.05) is 31.7 Å². The van der Waals surface area contributed by atoms with E-state index in [2.05, 4.69) is 20.2 Å². The van der Waals surface area contributed by atoms with E-state index in [0.29, 0.717) is 48.6 Å².